The molecule has 0 fully saturated rings. The van der Waals surface area contributed by atoms with E-state index in [4.69, 9.17) is 5.73 Å². The first kappa shape index (κ1) is 14.0. The lowest BCUT2D eigenvalue weighted by atomic mass is 10.0. The Morgan fingerprint density at radius 3 is 2.06 bits per heavy atom. The smallest absolute Gasteiger partial charge is 0.161 e. The van der Waals surface area contributed by atoms with Crippen LogP contribution in [0.2, 0.25) is 0 Å². The third-order valence-electron chi connectivity index (χ3n) is 2.58. The fourth-order valence-corrected chi connectivity index (χ4v) is 1.99. The van der Waals surface area contributed by atoms with Crippen LogP contribution in [-0.2, 0) is 9.84 Å². The lowest BCUT2D eigenvalue weighted by molar-refractivity contribution is 0.482. The molecule has 0 aliphatic rings. The quantitative estimate of drug-likeness (QED) is 0.845. The van der Waals surface area contributed by atoms with Crippen LogP contribution < -0.4 is 5.73 Å². The normalized spacial score (nSPS) is 15.6. The van der Waals surface area contributed by atoms with E-state index >= 15 is 0 Å². The van der Waals surface area contributed by atoms with E-state index in [1.54, 1.807) is 0 Å². The van der Waals surface area contributed by atoms with Gasteiger partial charge in [-0.1, -0.05) is 0 Å². The van der Waals surface area contributed by atoms with Gasteiger partial charge < -0.3 is 5.73 Å². The van der Waals surface area contributed by atoms with Gasteiger partial charge in [0.05, 0.1) is 5.25 Å². The number of nitrogens with two attached hydrogens (primary N) is 1. The maximum absolute atomic E-state index is 13.3. The Morgan fingerprint density at radius 1 is 1.12 bits per heavy atom. The van der Waals surface area contributed by atoms with Gasteiger partial charge in [0.2, 0.25) is 0 Å². The van der Waals surface area contributed by atoms with Gasteiger partial charge in [-0.3, -0.25) is 0 Å². The molecule has 1 aromatic rings. The summed E-state index contributed by atoms with van der Waals surface area (Å²) < 4.78 is 61.4. The SMILES string of the molecule is CC(C(N)c1cc(F)c(F)cc1F)S(C)(=O)=O. The molecular formula is C10H12F3NO2S. The van der Waals surface area contributed by atoms with Crippen molar-refractivity contribution in [1.29, 1.82) is 0 Å². The monoisotopic (exact) mass is 267 g/mol. The minimum absolute atomic E-state index is 0.347. The predicted octanol–water partition coefficient (Wildman–Crippen LogP) is 1.54. The molecule has 0 saturated carbocycles. The summed E-state index contributed by atoms with van der Waals surface area (Å²) in [5.74, 6) is -3.67. The van der Waals surface area contributed by atoms with Gasteiger partial charge in [-0.2, -0.15) is 0 Å². The van der Waals surface area contributed by atoms with Crippen LogP contribution in [0.1, 0.15) is 18.5 Å². The van der Waals surface area contributed by atoms with E-state index in [0.717, 1.165) is 6.26 Å². The topological polar surface area (TPSA) is 60.2 Å². The molecule has 1 rings (SSSR count). The Hall–Kier alpha value is -1.08. The molecule has 2 atom stereocenters. The van der Waals surface area contributed by atoms with Crippen molar-refractivity contribution in [2.45, 2.75) is 18.2 Å². The summed E-state index contributed by atoms with van der Waals surface area (Å²) in [6.07, 6.45) is 0.940. The maximum Gasteiger partial charge on any atom is 0.161 e. The van der Waals surface area contributed by atoms with E-state index in [9.17, 15) is 21.6 Å². The number of halogens is 3. The Morgan fingerprint density at radius 2 is 1.59 bits per heavy atom. The van der Waals surface area contributed by atoms with Crippen molar-refractivity contribution in [3.8, 4) is 0 Å². The van der Waals surface area contributed by atoms with Crippen molar-refractivity contribution in [1.82, 2.24) is 0 Å². The zero-order valence-electron chi connectivity index (χ0n) is 9.25. The molecule has 96 valence electrons. The minimum Gasteiger partial charge on any atom is -0.323 e. The average molecular weight is 267 g/mol. The first-order valence-corrected chi connectivity index (χ1v) is 6.69. The molecule has 0 aliphatic carbocycles. The number of hydrogen-bond acceptors (Lipinski definition) is 3. The van der Waals surface area contributed by atoms with Gasteiger partial charge in [0.15, 0.2) is 21.5 Å². The highest BCUT2D eigenvalue weighted by molar-refractivity contribution is 7.91. The Labute approximate surface area is 97.4 Å². The van der Waals surface area contributed by atoms with E-state index in [0.29, 0.717) is 12.1 Å². The van der Waals surface area contributed by atoms with Crippen molar-refractivity contribution < 1.29 is 21.6 Å². The predicted molar refractivity (Wildman–Crippen MR) is 57.6 cm³/mol. The summed E-state index contributed by atoms with van der Waals surface area (Å²) in [5.41, 5.74) is 5.18. The summed E-state index contributed by atoms with van der Waals surface area (Å²) in [5, 5.41) is -1.10. The molecule has 0 bridgehead atoms. The summed E-state index contributed by atoms with van der Waals surface area (Å²) in [6.45, 7) is 1.28. The van der Waals surface area contributed by atoms with Gasteiger partial charge in [0.25, 0.3) is 0 Å². The van der Waals surface area contributed by atoms with Gasteiger partial charge in [0.1, 0.15) is 5.82 Å². The first-order valence-electron chi connectivity index (χ1n) is 4.73. The first-order chi connectivity index (χ1) is 7.64. The van der Waals surface area contributed by atoms with Gasteiger partial charge in [-0.25, -0.2) is 21.6 Å². The van der Waals surface area contributed by atoms with E-state index in [2.05, 4.69) is 0 Å². The Balaban J connectivity index is 3.22. The summed E-state index contributed by atoms with van der Waals surface area (Å²) in [4.78, 5) is 0. The second kappa shape index (κ2) is 4.66. The number of sulfone groups is 1. The molecule has 2 unspecified atom stereocenters. The van der Waals surface area contributed by atoms with E-state index in [1.807, 2.05) is 0 Å². The van der Waals surface area contributed by atoms with Crippen LogP contribution >= 0.6 is 0 Å². The lowest BCUT2D eigenvalue weighted by Crippen LogP contribution is -2.31. The largest absolute Gasteiger partial charge is 0.323 e. The van der Waals surface area contributed by atoms with Crippen molar-refractivity contribution in [3.05, 3.63) is 35.1 Å². The molecular weight excluding hydrogens is 255 g/mol. The molecule has 0 amide bonds. The third kappa shape index (κ3) is 2.98. The van der Waals surface area contributed by atoms with Crippen molar-refractivity contribution in [2.75, 3.05) is 6.26 Å². The van der Waals surface area contributed by atoms with Crippen LogP contribution in [0, 0.1) is 17.5 Å². The van der Waals surface area contributed by atoms with Gasteiger partial charge >= 0.3 is 0 Å². The van der Waals surface area contributed by atoms with Crippen LogP contribution in [0.25, 0.3) is 0 Å². The fraction of sp³-hybridized carbons (Fsp3) is 0.400. The molecule has 0 spiro atoms. The summed E-state index contributed by atoms with van der Waals surface area (Å²) in [6, 6.07) is -0.323. The van der Waals surface area contributed by atoms with Gasteiger partial charge in [0, 0.05) is 23.9 Å². The van der Waals surface area contributed by atoms with Crippen LogP contribution in [0.4, 0.5) is 13.2 Å². The third-order valence-corrected chi connectivity index (χ3v) is 4.22. The molecule has 2 N–H and O–H groups in total. The molecule has 7 heteroatoms. The van der Waals surface area contributed by atoms with Gasteiger partial charge in [-0.15, -0.1) is 0 Å². The second-order valence-electron chi connectivity index (χ2n) is 3.85. The van der Waals surface area contributed by atoms with E-state index in [1.165, 1.54) is 6.92 Å². The molecule has 0 saturated heterocycles. The zero-order valence-corrected chi connectivity index (χ0v) is 10.1. The number of rotatable bonds is 3. The summed E-state index contributed by atoms with van der Waals surface area (Å²) in [7, 11) is -3.50. The van der Waals surface area contributed by atoms with E-state index in [-0.39, 0.29) is 5.56 Å². The molecule has 0 heterocycles. The van der Waals surface area contributed by atoms with Crippen LogP contribution in [-0.4, -0.2) is 19.9 Å². The van der Waals surface area contributed by atoms with Crippen LogP contribution in [0.15, 0.2) is 12.1 Å². The molecule has 1 aromatic carbocycles. The maximum atomic E-state index is 13.3. The van der Waals surface area contributed by atoms with E-state index < -0.39 is 38.6 Å². The lowest BCUT2D eigenvalue weighted by Gasteiger charge is -2.19. The van der Waals surface area contributed by atoms with Crippen LogP contribution in [0.3, 0.4) is 0 Å². The zero-order chi connectivity index (χ0) is 13.4. The van der Waals surface area contributed by atoms with Crippen molar-refractivity contribution in [2.24, 2.45) is 5.73 Å². The highest BCUT2D eigenvalue weighted by Crippen LogP contribution is 2.24. The van der Waals surface area contributed by atoms with Crippen molar-refractivity contribution in [3.63, 3.8) is 0 Å². The number of benzene rings is 1. The number of hydrogen-bond donors (Lipinski definition) is 1. The summed E-state index contributed by atoms with van der Waals surface area (Å²) >= 11 is 0. The van der Waals surface area contributed by atoms with Gasteiger partial charge in [-0.05, 0) is 13.0 Å². The van der Waals surface area contributed by atoms with Crippen LogP contribution in [0.5, 0.6) is 0 Å². The molecule has 3 nitrogen and oxygen atoms in total. The molecule has 17 heavy (non-hydrogen) atoms. The molecule has 0 aliphatic heterocycles. The molecule has 0 aromatic heterocycles. The highest BCUT2D eigenvalue weighted by atomic mass is 32.2. The Bertz CT molecular complexity index is 531. The fourth-order valence-electron chi connectivity index (χ4n) is 1.31. The van der Waals surface area contributed by atoms with Crippen molar-refractivity contribution >= 4 is 9.84 Å². The minimum atomic E-state index is -3.50. The molecule has 0 radical (unpaired) electrons. The highest BCUT2D eigenvalue weighted by Gasteiger charge is 2.27. The average Bonchev–Trinajstić information content (AvgIpc) is 2.20. The Kier molecular flexibility index (Phi) is 3.83. The second-order valence-corrected chi connectivity index (χ2v) is 6.25. The standard InChI is InChI=1S/C10H12F3NO2S/c1-5(17(2,15)16)10(14)6-3-8(12)9(13)4-7(6)11/h3-5,10H,14H2,1-2H3.